The molecule has 10 heteroatoms. The second kappa shape index (κ2) is 8.64. The average Bonchev–Trinajstić information content (AvgIpc) is 3.00. The van der Waals surface area contributed by atoms with Gasteiger partial charge in [-0.25, -0.2) is 8.42 Å². The molecule has 2 aromatic rings. The Hall–Kier alpha value is -2.98. The number of rotatable bonds is 8. The Morgan fingerprint density at radius 3 is 2.42 bits per heavy atom. The van der Waals surface area contributed by atoms with Crippen molar-refractivity contribution in [2.45, 2.75) is 19.2 Å². The van der Waals surface area contributed by atoms with Gasteiger partial charge in [0.25, 0.3) is 5.91 Å². The van der Waals surface area contributed by atoms with Crippen LogP contribution in [0.3, 0.4) is 0 Å². The number of carbonyl (C=O) groups excluding carboxylic acids is 1. The highest BCUT2D eigenvalue weighted by Crippen LogP contribution is 2.45. The van der Waals surface area contributed by atoms with E-state index in [4.69, 9.17) is 25.7 Å². The number of carbonyl (C=O) groups is 1. The van der Waals surface area contributed by atoms with Crippen molar-refractivity contribution >= 4 is 27.1 Å². The zero-order valence-corrected chi connectivity index (χ0v) is 18.7. The summed E-state index contributed by atoms with van der Waals surface area (Å²) in [5.41, 5.74) is 13.7. The summed E-state index contributed by atoms with van der Waals surface area (Å²) in [5, 5.41) is 0. The lowest BCUT2D eigenvalue weighted by Crippen LogP contribution is -2.37. The van der Waals surface area contributed by atoms with Gasteiger partial charge in [-0.1, -0.05) is 12.1 Å². The zero-order valence-electron chi connectivity index (χ0n) is 17.9. The first-order valence-electron chi connectivity index (χ1n) is 9.64. The SMILES string of the molecule is CCOc1cc(C(CS(C)(=O)=O)N2C(=O)c3c(ccc(N)c3N)C2OC)ccc1OC. The van der Waals surface area contributed by atoms with Gasteiger partial charge in [0.15, 0.2) is 17.7 Å². The van der Waals surface area contributed by atoms with Crippen molar-refractivity contribution in [2.24, 2.45) is 0 Å². The topological polar surface area (TPSA) is 134 Å². The number of hydrogen-bond donors (Lipinski definition) is 2. The van der Waals surface area contributed by atoms with Crippen molar-refractivity contribution in [2.75, 3.05) is 44.3 Å². The number of nitrogens with zero attached hydrogens (tertiary/aromatic N) is 1. The van der Waals surface area contributed by atoms with Crippen molar-refractivity contribution in [1.82, 2.24) is 4.90 Å². The summed E-state index contributed by atoms with van der Waals surface area (Å²) in [5.74, 6) is 0.178. The maximum Gasteiger partial charge on any atom is 0.259 e. The van der Waals surface area contributed by atoms with Gasteiger partial charge < -0.3 is 30.6 Å². The van der Waals surface area contributed by atoms with Crippen LogP contribution in [0.1, 0.15) is 40.7 Å². The van der Waals surface area contributed by atoms with Crippen molar-refractivity contribution < 1.29 is 27.4 Å². The molecule has 31 heavy (non-hydrogen) atoms. The molecule has 0 saturated carbocycles. The Kier molecular flexibility index (Phi) is 6.33. The van der Waals surface area contributed by atoms with Crippen molar-refractivity contribution in [3.05, 3.63) is 47.0 Å². The Labute approximate surface area is 181 Å². The molecule has 0 saturated heterocycles. The van der Waals surface area contributed by atoms with Crippen LogP contribution in [0.5, 0.6) is 11.5 Å². The second-order valence-electron chi connectivity index (χ2n) is 7.28. The number of nitrogens with two attached hydrogens (primary N) is 2. The predicted octanol–water partition coefficient (Wildman–Crippen LogP) is 2.15. The van der Waals surface area contributed by atoms with Gasteiger partial charge in [0, 0.05) is 18.9 Å². The third-order valence-electron chi connectivity index (χ3n) is 5.17. The first-order chi connectivity index (χ1) is 14.6. The lowest BCUT2D eigenvalue weighted by atomic mass is 10.1. The van der Waals surface area contributed by atoms with Crippen molar-refractivity contribution in [1.29, 1.82) is 0 Å². The van der Waals surface area contributed by atoms with Crippen LogP contribution >= 0.6 is 0 Å². The van der Waals surface area contributed by atoms with E-state index in [2.05, 4.69) is 0 Å². The van der Waals surface area contributed by atoms with Gasteiger partial charge >= 0.3 is 0 Å². The molecule has 0 aromatic heterocycles. The molecule has 2 atom stereocenters. The normalized spacial score (nSPS) is 16.8. The van der Waals surface area contributed by atoms with E-state index >= 15 is 0 Å². The molecule has 2 unspecified atom stereocenters. The van der Waals surface area contributed by atoms with E-state index in [0.29, 0.717) is 29.2 Å². The van der Waals surface area contributed by atoms with Crippen LogP contribution in [0.15, 0.2) is 30.3 Å². The van der Waals surface area contributed by atoms with Crippen LogP contribution in [0.25, 0.3) is 0 Å². The molecule has 9 nitrogen and oxygen atoms in total. The van der Waals surface area contributed by atoms with E-state index in [1.165, 1.54) is 19.1 Å². The maximum atomic E-state index is 13.4. The smallest absolute Gasteiger partial charge is 0.259 e. The van der Waals surface area contributed by atoms with Gasteiger partial charge in [0.05, 0.1) is 42.4 Å². The number of hydrogen-bond acceptors (Lipinski definition) is 8. The van der Waals surface area contributed by atoms with E-state index in [1.807, 2.05) is 6.92 Å². The first kappa shape index (κ1) is 22.7. The molecular formula is C21H27N3O6S. The molecule has 168 valence electrons. The van der Waals surface area contributed by atoms with Crippen molar-refractivity contribution in [3.8, 4) is 11.5 Å². The minimum atomic E-state index is -3.49. The summed E-state index contributed by atoms with van der Waals surface area (Å²) in [7, 11) is -0.526. The number of methoxy groups -OCH3 is 2. The summed E-state index contributed by atoms with van der Waals surface area (Å²) < 4.78 is 41.2. The number of fused-ring (bicyclic) bond motifs is 1. The number of ether oxygens (including phenoxy) is 3. The Morgan fingerprint density at radius 1 is 1.13 bits per heavy atom. The van der Waals surface area contributed by atoms with Crippen LogP contribution in [-0.4, -0.2) is 52.1 Å². The summed E-state index contributed by atoms with van der Waals surface area (Å²) >= 11 is 0. The van der Waals surface area contributed by atoms with E-state index in [0.717, 1.165) is 6.26 Å². The van der Waals surface area contributed by atoms with E-state index in [9.17, 15) is 13.2 Å². The molecule has 4 N–H and O–H groups in total. The molecule has 1 amide bonds. The lowest BCUT2D eigenvalue weighted by Gasteiger charge is -2.33. The molecule has 0 bridgehead atoms. The monoisotopic (exact) mass is 449 g/mol. The molecule has 0 spiro atoms. The Balaban J connectivity index is 2.17. The quantitative estimate of drug-likeness (QED) is 0.586. The standard InChI is InChI=1S/C21H27N3O6S/c1-5-30-17-10-12(6-9-16(17)28-2)15(11-31(4,26)27)24-20(25)18-13(21(24)29-3)7-8-14(22)19(18)23/h6-10,15,21H,5,11,22-23H2,1-4H3. The maximum absolute atomic E-state index is 13.4. The van der Waals surface area contributed by atoms with Gasteiger partial charge in [-0.15, -0.1) is 0 Å². The molecule has 2 aromatic carbocycles. The highest BCUT2D eigenvalue weighted by molar-refractivity contribution is 7.90. The summed E-state index contributed by atoms with van der Waals surface area (Å²) in [6.07, 6.45) is 0.296. The minimum absolute atomic E-state index is 0.148. The number of amides is 1. The predicted molar refractivity (Wildman–Crippen MR) is 118 cm³/mol. The van der Waals surface area contributed by atoms with Crippen molar-refractivity contribution in [3.63, 3.8) is 0 Å². The van der Waals surface area contributed by atoms with Gasteiger partial charge in [-0.05, 0) is 30.7 Å². The average molecular weight is 450 g/mol. The summed E-state index contributed by atoms with van der Waals surface area (Å²) in [6, 6.07) is 7.48. The lowest BCUT2D eigenvalue weighted by molar-refractivity contribution is -0.0284. The summed E-state index contributed by atoms with van der Waals surface area (Å²) in [6.45, 7) is 2.22. The molecule has 3 rings (SSSR count). The van der Waals surface area contributed by atoms with Crippen LogP contribution in [0.4, 0.5) is 11.4 Å². The number of benzene rings is 2. The largest absolute Gasteiger partial charge is 0.493 e. The highest BCUT2D eigenvalue weighted by Gasteiger charge is 2.44. The molecular weight excluding hydrogens is 422 g/mol. The fourth-order valence-corrected chi connectivity index (χ4v) is 4.75. The molecule has 0 radical (unpaired) electrons. The summed E-state index contributed by atoms with van der Waals surface area (Å²) in [4.78, 5) is 14.8. The van der Waals surface area contributed by atoms with Crippen LogP contribution in [-0.2, 0) is 14.6 Å². The van der Waals surface area contributed by atoms with Gasteiger partial charge in [0.1, 0.15) is 9.84 Å². The van der Waals surface area contributed by atoms with Crippen LogP contribution < -0.4 is 20.9 Å². The van der Waals surface area contributed by atoms with Gasteiger partial charge in [-0.2, -0.15) is 0 Å². The second-order valence-corrected chi connectivity index (χ2v) is 9.47. The third kappa shape index (κ3) is 4.26. The highest BCUT2D eigenvalue weighted by atomic mass is 32.2. The molecule has 1 aliphatic heterocycles. The zero-order chi connectivity index (χ0) is 22.9. The van der Waals surface area contributed by atoms with Crippen LogP contribution in [0, 0.1) is 0 Å². The first-order valence-corrected chi connectivity index (χ1v) is 11.7. The van der Waals surface area contributed by atoms with E-state index < -0.39 is 28.0 Å². The fraction of sp³-hybridized carbons (Fsp3) is 0.381. The number of sulfone groups is 1. The molecule has 1 aliphatic rings. The van der Waals surface area contributed by atoms with E-state index in [-0.39, 0.29) is 22.7 Å². The van der Waals surface area contributed by atoms with Crippen LogP contribution in [0.2, 0.25) is 0 Å². The van der Waals surface area contributed by atoms with Gasteiger partial charge in [0.2, 0.25) is 0 Å². The number of anilines is 2. The third-order valence-corrected chi connectivity index (χ3v) is 6.09. The molecule has 0 aliphatic carbocycles. The minimum Gasteiger partial charge on any atom is -0.493 e. The molecule has 1 heterocycles. The number of nitrogen functional groups attached to an aromatic ring is 2. The Bertz CT molecular complexity index is 1100. The molecule has 0 fully saturated rings. The Morgan fingerprint density at radius 2 is 1.84 bits per heavy atom. The van der Waals surface area contributed by atoms with Gasteiger partial charge in [-0.3, -0.25) is 4.79 Å². The van der Waals surface area contributed by atoms with E-state index in [1.54, 1.807) is 30.3 Å². The fourth-order valence-electron chi connectivity index (χ4n) is 3.82.